The fraction of sp³-hybridized carbons (Fsp3) is 0.600. The Morgan fingerprint density at radius 2 is 2.33 bits per heavy atom. The number of halogens is 1. The second kappa shape index (κ2) is 7.43. The minimum atomic E-state index is 0.554. The van der Waals surface area contributed by atoms with E-state index in [1.807, 2.05) is 13.0 Å². The van der Waals surface area contributed by atoms with Gasteiger partial charge in [0.15, 0.2) is 0 Å². The maximum atomic E-state index is 5.47. The van der Waals surface area contributed by atoms with E-state index < -0.39 is 0 Å². The zero-order chi connectivity index (χ0) is 10.9. The molecular formula is C10H16ClN3O. The molecule has 0 bridgehead atoms. The molecule has 0 aliphatic rings. The Kier molecular flexibility index (Phi) is 6.04. The standard InChI is InChI=1S/C10H16ClN3O/c1-9-12-6-3-10(14-9)13-5-2-7-15-8-4-11/h3,6H,2,4-5,7-8H2,1H3,(H,12,13,14). The largest absolute Gasteiger partial charge is 0.380 e. The number of aromatic nitrogens is 2. The highest BCUT2D eigenvalue weighted by Gasteiger charge is 1.94. The molecule has 0 aromatic carbocycles. The van der Waals surface area contributed by atoms with Gasteiger partial charge in [0.2, 0.25) is 0 Å². The SMILES string of the molecule is Cc1nccc(NCCCOCCCl)n1. The van der Waals surface area contributed by atoms with Gasteiger partial charge in [-0.2, -0.15) is 0 Å². The Labute approximate surface area is 95.0 Å². The van der Waals surface area contributed by atoms with E-state index in [-0.39, 0.29) is 0 Å². The van der Waals surface area contributed by atoms with E-state index in [2.05, 4.69) is 15.3 Å². The van der Waals surface area contributed by atoms with Crippen molar-refractivity contribution in [3.05, 3.63) is 18.1 Å². The molecule has 5 heteroatoms. The highest BCUT2D eigenvalue weighted by molar-refractivity contribution is 6.17. The normalized spacial score (nSPS) is 10.3. The number of hydrogen-bond donors (Lipinski definition) is 1. The molecule has 15 heavy (non-hydrogen) atoms. The Bertz CT molecular complexity index is 283. The first-order valence-electron chi connectivity index (χ1n) is 5.00. The van der Waals surface area contributed by atoms with E-state index in [4.69, 9.17) is 16.3 Å². The van der Waals surface area contributed by atoms with Gasteiger partial charge < -0.3 is 10.1 Å². The minimum absolute atomic E-state index is 0.554. The van der Waals surface area contributed by atoms with Crippen molar-refractivity contribution in [3.8, 4) is 0 Å². The summed E-state index contributed by atoms with van der Waals surface area (Å²) < 4.78 is 5.24. The number of ether oxygens (including phenoxy) is 1. The molecule has 0 radical (unpaired) electrons. The van der Waals surface area contributed by atoms with Crippen molar-refractivity contribution in [3.63, 3.8) is 0 Å². The van der Waals surface area contributed by atoms with Crippen LogP contribution in [0.2, 0.25) is 0 Å². The molecule has 0 aliphatic carbocycles. The van der Waals surface area contributed by atoms with Crippen molar-refractivity contribution in [1.82, 2.24) is 9.97 Å². The van der Waals surface area contributed by atoms with Crippen molar-refractivity contribution in [2.45, 2.75) is 13.3 Å². The van der Waals surface area contributed by atoms with E-state index in [0.29, 0.717) is 12.5 Å². The van der Waals surface area contributed by atoms with E-state index in [1.165, 1.54) is 0 Å². The van der Waals surface area contributed by atoms with Gasteiger partial charge in [0.1, 0.15) is 11.6 Å². The lowest BCUT2D eigenvalue weighted by Crippen LogP contribution is -2.08. The van der Waals surface area contributed by atoms with Crippen LogP contribution in [0.1, 0.15) is 12.2 Å². The van der Waals surface area contributed by atoms with Crippen molar-refractivity contribution in [1.29, 1.82) is 0 Å². The first-order valence-corrected chi connectivity index (χ1v) is 5.53. The maximum absolute atomic E-state index is 5.47. The molecule has 1 aromatic rings. The highest BCUT2D eigenvalue weighted by Crippen LogP contribution is 2.00. The Morgan fingerprint density at radius 1 is 1.47 bits per heavy atom. The summed E-state index contributed by atoms with van der Waals surface area (Å²) in [4.78, 5) is 8.24. The monoisotopic (exact) mass is 229 g/mol. The van der Waals surface area contributed by atoms with Gasteiger partial charge in [-0.25, -0.2) is 9.97 Å². The van der Waals surface area contributed by atoms with Gasteiger partial charge in [-0.15, -0.1) is 11.6 Å². The number of hydrogen-bond acceptors (Lipinski definition) is 4. The van der Waals surface area contributed by atoms with Crippen molar-refractivity contribution in [2.75, 3.05) is 31.0 Å². The van der Waals surface area contributed by atoms with Crippen LogP contribution in [-0.4, -0.2) is 35.6 Å². The average Bonchev–Trinajstić information content (AvgIpc) is 2.23. The molecule has 0 amide bonds. The predicted octanol–water partition coefficient (Wildman–Crippen LogP) is 1.84. The molecule has 0 spiro atoms. The molecule has 1 heterocycles. The quantitative estimate of drug-likeness (QED) is 0.573. The van der Waals surface area contributed by atoms with E-state index in [1.54, 1.807) is 6.20 Å². The van der Waals surface area contributed by atoms with Crippen LogP contribution in [0.5, 0.6) is 0 Å². The predicted molar refractivity (Wildman–Crippen MR) is 61.4 cm³/mol. The molecule has 0 atom stereocenters. The van der Waals surface area contributed by atoms with Crippen LogP contribution in [0.4, 0.5) is 5.82 Å². The fourth-order valence-corrected chi connectivity index (χ4v) is 1.21. The Morgan fingerprint density at radius 3 is 3.07 bits per heavy atom. The lowest BCUT2D eigenvalue weighted by Gasteiger charge is -2.05. The summed E-state index contributed by atoms with van der Waals surface area (Å²) in [7, 11) is 0. The number of nitrogens with one attached hydrogen (secondary N) is 1. The summed E-state index contributed by atoms with van der Waals surface area (Å²) in [5.41, 5.74) is 0. The number of anilines is 1. The molecule has 84 valence electrons. The lowest BCUT2D eigenvalue weighted by molar-refractivity contribution is 0.149. The first kappa shape index (κ1) is 12.2. The topological polar surface area (TPSA) is 47.0 Å². The third-order valence-electron chi connectivity index (χ3n) is 1.77. The summed E-state index contributed by atoms with van der Waals surface area (Å²) in [5, 5.41) is 3.20. The van der Waals surface area contributed by atoms with Crippen LogP contribution < -0.4 is 5.32 Å². The third kappa shape index (κ3) is 5.54. The molecule has 0 aliphatic heterocycles. The number of rotatable bonds is 7. The number of alkyl halides is 1. The van der Waals surface area contributed by atoms with Crippen LogP contribution in [0.15, 0.2) is 12.3 Å². The van der Waals surface area contributed by atoms with Crippen LogP contribution in [0, 0.1) is 6.92 Å². The summed E-state index contributed by atoms with van der Waals surface area (Å²) >= 11 is 5.47. The van der Waals surface area contributed by atoms with Crippen LogP contribution >= 0.6 is 11.6 Å². The van der Waals surface area contributed by atoms with Gasteiger partial charge in [-0.05, 0) is 19.4 Å². The van der Waals surface area contributed by atoms with Gasteiger partial charge >= 0.3 is 0 Å². The summed E-state index contributed by atoms with van der Waals surface area (Å²) in [5.74, 6) is 2.19. The van der Waals surface area contributed by atoms with Crippen molar-refractivity contribution in [2.24, 2.45) is 0 Å². The van der Waals surface area contributed by atoms with Crippen molar-refractivity contribution >= 4 is 17.4 Å². The Balaban J connectivity index is 2.10. The third-order valence-corrected chi connectivity index (χ3v) is 1.92. The summed E-state index contributed by atoms with van der Waals surface area (Å²) in [6, 6.07) is 1.85. The number of aryl methyl sites for hydroxylation is 1. The van der Waals surface area contributed by atoms with E-state index in [0.717, 1.165) is 31.2 Å². The Hall–Kier alpha value is -0.870. The maximum Gasteiger partial charge on any atom is 0.129 e. The van der Waals surface area contributed by atoms with E-state index >= 15 is 0 Å². The van der Waals surface area contributed by atoms with Gasteiger partial charge in [0, 0.05) is 25.2 Å². The summed E-state index contributed by atoms with van der Waals surface area (Å²) in [6.45, 7) is 4.06. The zero-order valence-corrected chi connectivity index (χ0v) is 9.63. The number of nitrogens with zero attached hydrogens (tertiary/aromatic N) is 2. The van der Waals surface area contributed by atoms with Crippen LogP contribution in [-0.2, 0) is 4.74 Å². The van der Waals surface area contributed by atoms with Gasteiger partial charge in [-0.3, -0.25) is 0 Å². The first-order chi connectivity index (χ1) is 7.33. The van der Waals surface area contributed by atoms with Crippen molar-refractivity contribution < 1.29 is 4.74 Å². The van der Waals surface area contributed by atoms with Gasteiger partial charge in [0.05, 0.1) is 6.61 Å². The molecule has 4 nitrogen and oxygen atoms in total. The highest BCUT2D eigenvalue weighted by atomic mass is 35.5. The fourth-order valence-electron chi connectivity index (χ4n) is 1.10. The minimum Gasteiger partial charge on any atom is -0.380 e. The molecule has 0 fully saturated rings. The molecule has 1 rings (SSSR count). The molecule has 0 unspecified atom stereocenters. The molecular weight excluding hydrogens is 214 g/mol. The van der Waals surface area contributed by atoms with E-state index in [9.17, 15) is 0 Å². The lowest BCUT2D eigenvalue weighted by atomic mass is 10.4. The van der Waals surface area contributed by atoms with Crippen LogP contribution in [0.25, 0.3) is 0 Å². The molecule has 0 saturated heterocycles. The average molecular weight is 230 g/mol. The van der Waals surface area contributed by atoms with Gasteiger partial charge in [-0.1, -0.05) is 0 Å². The smallest absolute Gasteiger partial charge is 0.129 e. The molecule has 0 saturated carbocycles. The summed E-state index contributed by atoms with van der Waals surface area (Å²) in [6.07, 6.45) is 2.69. The van der Waals surface area contributed by atoms with Crippen LogP contribution in [0.3, 0.4) is 0 Å². The van der Waals surface area contributed by atoms with Gasteiger partial charge in [0.25, 0.3) is 0 Å². The second-order valence-electron chi connectivity index (χ2n) is 3.07. The molecule has 1 aromatic heterocycles. The second-order valence-corrected chi connectivity index (χ2v) is 3.45. The zero-order valence-electron chi connectivity index (χ0n) is 8.87. The molecule has 1 N–H and O–H groups in total.